The number of carbonyl (C=O) groups is 1. The zero-order chi connectivity index (χ0) is 23.4. The summed E-state index contributed by atoms with van der Waals surface area (Å²) in [5.41, 5.74) is 1.61. The quantitative estimate of drug-likeness (QED) is 0.300. The maximum Gasteiger partial charge on any atom is 0.405 e. The van der Waals surface area contributed by atoms with E-state index in [0.29, 0.717) is 27.8 Å². The van der Waals surface area contributed by atoms with Crippen LogP contribution in [0.15, 0.2) is 60.8 Å². The summed E-state index contributed by atoms with van der Waals surface area (Å²) in [5.74, 6) is -0.676. The van der Waals surface area contributed by atoms with Gasteiger partial charge in [0.25, 0.3) is 5.91 Å². The van der Waals surface area contributed by atoms with E-state index in [4.69, 9.17) is 0 Å². The molecule has 0 fully saturated rings. The maximum absolute atomic E-state index is 13.7. The Bertz CT molecular complexity index is 1270. The summed E-state index contributed by atoms with van der Waals surface area (Å²) in [6.07, 6.45) is -2.85. The van der Waals surface area contributed by atoms with Crippen LogP contribution in [0.1, 0.15) is 15.9 Å². The lowest BCUT2D eigenvalue weighted by molar-refractivity contribution is -0.115. The molecule has 0 atom stereocenters. The normalized spacial score (nSPS) is 11.4. The predicted octanol–water partition coefficient (Wildman–Crippen LogP) is 4.74. The van der Waals surface area contributed by atoms with Gasteiger partial charge in [-0.05, 0) is 36.4 Å². The Morgan fingerprint density at radius 3 is 2.48 bits per heavy atom. The van der Waals surface area contributed by atoms with Gasteiger partial charge in [-0.15, -0.1) is 0 Å². The molecule has 2 aromatic heterocycles. The van der Waals surface area contributed by atoms with Crippen molar-refractivity contribution in [3.63, 3.8) is 0 Å². The number of amides is 1. The Kier molecular flexibility index (Phi) is 6.11. The fourth-order valence-electron chi connectivity index (χ4n) is 3.07. The number of aromatic amines is 1. The standard InChI is InChI=1S/C22H18F4N6O/c23-17-4-2-1-3-14(17)11-28-20(33)13-5-7-15(8-6-13)30-21-31-18-16(9-10-27-18)19(32-21)29-12-22(24,25)26/h1-10H,11-12H2,(H,28,33)(H3,27,29,30,31,32). The molecule has 7 nitrogen and oxygen atoms in total. The number of hydrogen-bond acceptors (Lipinski definition) is 5. The summed E-state index contributed by atoms with van der Waals surface area (Å²) in [4.78, 5) is 23.6. The Hall–Kier alpha value is -4.15. The van der Waals surface area contributed by atoms with Crippen LogP contribution in [0.3, 0.4) is 0 Å². The van der Waals surface area contributed by atoms with Gasteiger partial charge in [0.2, 0.25) is 5.95 Å². The third-order valence-corrected chi connectivity index (χ3v) is 4.67. The highest BCUT2D eigenvalue weighted by molar-refractivity contribution is 5.94. The molecule has 4 aromatic rings. The molecule has 11 heteroatoms. The molecule has 0 bridgehead atoms. The van der Waals surface area contributed by atoms with Gasteiger partial charge in [0, 0.05) is 29.6 Å². The first-order valence-electron chi connectivity index (χ1n) is 9.83. The summed E-state index contributed by atoms with van der Waals surface area (Å²) < 4.78 is 51.5. The number of nitrogens with zero attached hydrogens (tertiary/aromatic N) is 2. The summed E-state index contributed by atoms with van der Waals surface area (Å²) in [7, 11) is 0. The van der Waals surface area contributed by atoms with Gasteiger partial charge in [-0.25, -0.2) is 4.39 Å². The first-order valence-corrected chi connectivity index (χ1v) is 9.83. The number of nitrogens with one attached hydrogen (secondary N) is 4. The first-order chi connectivity index (χ1) is 15.8. The van der Waals surface area contributed by atoms with Crippen LogP contribution in [0.4, 0.5) is 35.0 Å². The minimum absolute atomic E-state index is 0.0326. The highest BCUT2D eigenvalue weighted by Gasteiger charge is 2.27. The van der Waals surface area contributed by atoms with Gasteiger partial charge in [0.15, 0.2) is 0 Å². The number of H-pyrrole nitrogens is 1. The second kappa shape index (κ2) is 9.15. The minimum atomic E-state index is -4.40. The fourth-order valence-corrected chi connectivity index (χ4v) is 3.07. The molecule has 2 heterocycles. The van der Waals surface area contributed by atoms with E-state index in [1.165, 1.54) is 6.07 Å². The highest BCUT2D eigenvalue weighted by Crippen LogP contribution is 2.25. The number of fused-ring (bicyclic) bond motifs is 1. The Morgan fingerprint density at radius 2 is 1.76 bits per heavy atom. The number of halogens is 4. The third-order valence-electron chi connectivity index (χ3n) is 4.67. The van der Waals surface area contributed by atoms with E-state index in [9.17, 15) is 22.4 Å². The summed E-state index contributed by atoms with van der Waals surface area (Å²) in [6, 6.07) is 14.0. The van der Waals surface area contributed by atoms with Gasteiger partial charge in [-0.1, -0.05) is 18.2 Å². The average molecular weight is 458 g/mol. The molecule has 0 saturated heterocycles. The largest absolute Gasteiger partial charge is 0.405 e. The summed E-state index contributed by atoms with van der Waals surface area (Å²) in [5, 5.41) is 8.26. The number of alkyl halides is 3. The molecule has 0 aliphatic carbocycles. The van der Waals surface area contributed by atoms with E-state index in [2.05, 4.69) is 30.9 Å². The van der Waals surface area contributed by atoms with Crippen LogP contribution in [-0.2, 0) is 6.54 Å². The van der Waals surface area contributed by atoms with Crippen LogP contribution in [0.25, 0.3) is 11.0 Å². The van der Waals surface area contributed by atoms with Gasteiger partial charge >= 0.3 is 6.18 Å². The van der Waals surface area contributed by atoms with Crippen LogP contribution in [0, 0.1) is 5.82 Å². The van der Waals surface area contributed by atoms with Crippen molar-refractivity contribution >= 4 is 34.4 Å². The minimum Gasteiger partial charge on any atom is -0.360 e. The van der Waals surface area contributed by atoms with Gasteiger partial charge < -0.3 is 20.9 Å². The van der Waals surface area contributed by atoms with Crippen LogP contribution >= 0.6 is 0 Å². The monoisotopic (exact) mass is 458 g/mol. The molecule has 0 aliphatic rings. The van der Waals surface area contributed by atoms with Crippen molar-refractivity contribution in [2.24, 2.45) is 0 Å². The molecule has 1 amide bonds. The second-order valence-electron chi connectivity index (χ2n) is 7.08. The summed E-state index contributed by atoms with van der Waals surface area (Å²) in [6.45, 7) is -1.19. The predicted molar refractivity (Wildman–Crippen MR) is 116 cm³/mol. The molecule has 0 spiro atoms. The van der Waals surface area contributed by atoms with Gasteiger partial charge in [-0.2, -0.15) is 23.1 Å². The lowest BCUT2D eigenvalue weighted by Crippen LogP contribution is -2.23. The molecule has 0 aliphatic heterocycles. The fraction of sp³-hybridized carbons (Fsp3) is 0.136. The molecule has 0 saturated carbocycles. The van der Waals surface area contributed by atoms with Gasteiger partial charge in [0.1, 0.15) is 23.8 Å². The molecule has 170 valence electrons. The lowest BCUT2D eigenvalue weighted by Gasteiger charge is -2.12. The first kappa shape index (κ1) is 22.1. The molecule has 4 rings (SSSR count). The second-order valence-corrected chi connectivity index (χ2v) is 7.08. The number of hydrogen-bond donors (Lipinski definition) is 4. The van der Waals surface area contributed by atoms with Crippen molar-refractivity contribution in [3.05, 3.63) is 77.7 Å². The number of anilines is 3. The Morgan fingerprint density at radius 1 is 1.00 bits per heavy atom. The van der Waals surface area contributed by atoms with E-state index in [1.54, 1.807) is 54.7 Å². The van der Waals surface area contributed by atoms with E-state index in [1.807, 2.05) is 0 Å². The van der Waals surface area contributed by atoms with Crippen LogP contribution in [-0.4, -0.2) is 33.6 Å². The molecular weight excluding hydrogens is 440 g/mol. The van der Waals surface area contributed by atoms with Gasteiger partial charge in [-0.3, -0.25) is 4.79 Å². The van der Waals surface area contributed by atoms with E-state index < -0.39 is 18.5 Å². The van der Waals surface area contributed by atoms with Crippen molar-refractivity contribution in [1.82, 2.24) is 20.3 Å². The van der Waals surface area contributed by atoms with Crippen LogP contribution in [0.5, 0.6) is 0 Å². The maximum atomic E-state index is 13.7. The number of carbonyl (C=O) groups excluding carboxylic acids is 1. The molecular formula is C22H18F4N6O. The van der Waals surface area contributed by atoms with E-state index >= 15 is 0 Å². The summed E-state index contributed by atoms with van der Waals surface area (Å²) >= 11 is 0. The lowest BCUT2D eigenvalue weighted by atomic mass is 10.1. The molecule has 2 aromatic carbocycles. The SMILES string of the molecule is O=C(NCc1ccccc1F)c1ccc(Nc2nc(NCC(F)(F)F)c3cc[nH]c3n2)cc1. The topological polar surface area (TPSA) is 94.7 Å². The van der Waals surface area contributed by atoms with Gasteiger partial charge in [0.05, 0.1) is 5.39 Å². The smallest absolute Gasteiger partial charge is 0.360 e. The molecule has 4 N–H and O–H groups in total. The highest BCUT2D eigenvalue weighted by atomic mass is 19.4. The number of aromatic nitrogens is 3. The van der Waals surface area contributed by atoms with Crippen molar-refractivity contribution in [2.75, 3.05) is 17.2 Å². The average Bonchev–Trinajstić information content (AvgIpc) is 3.25. The molecule has 0 radical (unpaired) electrons. The van der Waals surface area contributed by atoms with Crippen molar-refractivity contribution in [3.8, 4) is 0 Å². The Labute approximate surface area is 185 Å². The molecule has 33 heavy (non-hydrogen) atoms. The molecule has 0 unspecified atom stereocenters. The van der Waals surface area contributed by atoms with E-state index in [0.717, 1.165) is 0 Å². The third kappa shape index (κ3) is 5.56. The van der Waals surface area contributed by atoms with Crippen LogP contribution < -0.4 is 16.0 Å². The van der Waals surface area contributed by atoms with Crippen molar-refractivity contribution < 1.29 is 22.4 Å². The Balaban J connectivity index is 1.44. The van der Waals surface area contributed by atoms with Crippen LogP contribution in [0.2, 0.25) is 0 Å². The number of rotatable bonds is 7. The zero-order valence-electron chi connectivity index (χ0n) is 17.0. The van der Waals surface area contributed by atoms with Crippen molar-refractivity contribution in [2.45, 2.75) is 12.7 Å². The van der Waals surface area contributed by atoms with Crippen molar-refractivity contribution in [1.29, 1.82) is 0 Å². The zero-order valence-corrected chi connectivity index (χ0v) is 17.0. The number of benzene rings is 2. The van der Waals surface area contributed by atoms with E-state index in [-0.39, 0.29) is 24.2 Å².